The van der Waals surface area contributed by atoms with E-state index in [0.717, 1.165) is 42.2 Å². The standard InChI is InChI=1S/C19H26N2O2/c1-4-17-16(15-7-5-6-8-18(15)23-17)12-20(2)13-19(22)21(3)11-14-9-10-14/h5-8,14H,4,9-13H2,1-3H3. The molecule has 4 heteroatoms. The van der Waals surface area contributed by atoms with Crippen molar-refractivity contribution in [1.29, 1.82) is 0 Å². The average molecular weight is 314 g/mol. The number of hydrogen-bond donors (Lipinski definition) is 0. The highest BCUT2D eigenvalue weighted by atomic mass is 16.3. The van der Waals surface area contributed by atoms with Crippen LogP contribution >= 0.6 is 0 Å². The molecule has 4 nitrogen and oxygen atoms in total. The average Bonchev–Trinajstić information content (AvgIpc) is 3.28. The highest BCUT2D eigenvalue weighted by Crippen LogP contribution is 2.29. The fraction of sp³-hybridized carbons (Fsp3) is 0.526. The molecular weight excluding hydrogens is 288 g/mol. The lowest BCUT2D eigenvalue weighted by Crippen LogP contribution is -2.37. The van der Waals surface area contributed by atoms with Crippen LogP contribution in [0.15, 0.2) is 28.7 Å². The number of likely N-dealkylation sites (N-methyl/N-ethyl adjacent to an activating group) is 2. The van der Waals surface area contributed by atoms with Crippen molar-refractivity contribution in [3.05, 3.63) is 35.6 Å². The lowest BCUT2D eigenvalue weighted by molar-refractivity contribution is -0.131. The number of nitrogens with zero attached hydrogens (tertiary/aromatic N) is 2. The number of amides is 1. The number of rotatable bonds is 7. The van der Waals surface area contributed by atoms with Crippen molar-refractivity contribution in [2.75, 3.05) is 27.2 Å². The van der Waals surface area contributed by atoms with Gasteiger partial charge in [-0.25, -0.2) is 0 Å². The second-order valence-electron chi connectivity index (χ2n) is 6.74. The first-order valence-electron chi connectivity index (χ1n) is 8.50. The Morgan fingerprint density at radius 2 is 2.00 bits per heavy atom. The zero-order chi connectivity index (χ0) is 16.4. The summed E-state index contributed by atoms with van der Waals surface area (Å²) in [5, 5.41) is 1.16. The second kappa shape index (κ2) is 6.75. The predicted octanol–water partition coefficient (Wildman–Crippen LogP) is 3.30. The topological polar surface area (TPSA) is 36.7 Å². The van der Waals surface area contributed by atoms with Gasteiger partial charge in [0.2, 0.25) is 5.91 Å². The van der Waals surface area contributed by atoms with Gasteiger partial charge in [0, 0.05) is 37.5 Å². The van der Waals surface area contributed by atoms with Gasteiger partial charge >= 0.3 is 0 Å². The monoisotopic (exact) mass is 314 g/mol. The van der Waals surface area contributed by atoms with E-state index in [1.165, 1.54) is 18.4 Å². The number of hydrogen-bond acceptors (Lipinski definition) is 3. The summed E-state index contributed by atoms with van der Waals surface area (Å²) in [5.41, 5.74) is 2.15. The Kier molecular flexibility index (Phi) is 4.71. The molecule has 3 rings (SSSR count). The van der Waals surface area contributed by atoms with Gasteiger partial charge in [0.15, 0.2) is 0 Å². The van der Waals surface area contributed by atoms with Gasteiger partial charge in [0.1, 0.15) is 11.3 Å². The third-order valence-electron chi connectivity index (χ3n) is 4.59. The van der Waals surface area contributed by atoms with Crippen LogP contribution < -0.4 is 0 Å². The molecule has 1 aliphatic rings. The van der Waals surface area contributed by atoms with Crippen molar-refractivity contribution in [1.82, 2.24) is 9.80 Å². The molecule has 0 bridgehead atoms. The Morgan fingerprint density at radius 1 is 1.26 bits per heavy atom. The predicted molar refractivity (Wildman–Crippen MR) is 92.3 cm³/mol. The minimum absolute atomic E-state index is 0.199. The minimum Gasteiger partial charge on any atom is -0.461 e. The van der Waals surface area contributed by atoms with Gasteiger partial charge in [0.25, 0.3) is 0 Å². The fourth-order valence-electron chi connectivity index (χ4n) is 3.08. The minimum atomic E-state index is 0.199. The molecule has 0 N–H and O–H groups in total. The lowest BCUT2D eigenvalue weighted by atomic mass is 10.1. The molecule has 0 saturated heterocycles. The zero-order valence-electron chi connectivity index (χ0n) is 14.3. The van der Waals surface area contributed by atoms with E-state index in [-0.39, 0.29) is 5.91 Å². The molecule has 0 atom stereocenters. The normalized spacial score (nSPS) is 14.6. The largest absolute Gasteiger partial charge is 0.461 e. The van der Waals surface area contributed by atoms with Crippen molar-refractivity contribution in [3.63, 3.8) is 0 Å². The van der Waals surface area contributed by atoms with E-state index in [0.29, 0.717) is 6.54 Å². The third kappa shape index (κ3) is 3.75. The van der Waals surface area contributed by atoms with E-state index in [4.69, 9.17) is 4.42 Å². The van der Waals surface area contributed by atoms with Crippen LogP contribution in [0.3, 0.4) is 0 Å². The number of benzene rings is 1. The quantitative estimate of drug-likeness (QED) is 0.787. The van der Waals surface area contributed by atoms with Crippen LogP contribution in [0.2, 0.25) is 0 Å². The van der Waals surface area contributed by atoms with Crippen LogP contribution in [0, 0.1) is 5.92 Å². The summed E-state index contributed by atoms with van der Waals surface area (Å²) >= 11 is 0. The van der Waals surface area contributed by atoms with Crippen LogP contribution in [0.1, 0.15) is 31.1 Å². The van der Waals surface area contributed by atoms with Crippen LogP contribution in [-0.2, 0) is 17.8 Å². The van der Waals surface area contributed by atoms with Gasteiger partial charge < -0.3 is 9.32 Å². The van der Waals surface area contributed by atoms with E-state index in [2.05, 4.69) is 17.9 Å². The number of carbonyl (C=O) groups excluding carboxylic acids is 1. The number of para-hydroxylation sites is 1. The highest BCUT2D eigenvalue weighted by molar-refractivity contribution is 5.82. The molecular formula is C19H26N2O2. The molecule has 0 spiro atoms. The van der Waals surface area contributed by atoms with E-state index in [9.17, 15) is 4.79 Å². The van der Waals surface area contributed by atoms with Crippen molar-refractivity contribution >= 4 is 16.9 Å². The van der Waals surface area contributed by atoms with E-state index in [1.807, 2.05) is 37.2 Å². The molecule has 23 heavy (non-hydrogen) atoms. The van der Waals surface area contributed by atoms with Crippen LogP contribution in [0.5, 0.6) is 0 Å². The Bertz CT molecular complexity index is 688. The maximum atomic E-state index is 12.3. The molecule has 1 amide bonds. The Hall–Kier alpha value is -1.81. The second-order valence-corrected chi connectivity index (χ2v) is 6.74. The Labute approximate surface area is 138 Å². The molecule has 1 aromatic carbocycles. The molecule has 1 saturated carbocycles. The summed E-state index contributed by atoms with van der Waals surface area (Å²) < 4.78 is 5.94. The van der Waals surface area contributed by atoms with Crippen molar-refractivity contribution in [2.45, 2.75) is 32.7 Å². The first-order chi connectivity index (χ1) is 11.1. The molecule has 1 fully saturated rings. The summed E-state index contributed by atoms with van der Waals surface area (Å²) in [6, 6.07) is 8.14. The van der Waals surface area contributed by atoms with Crippen molar-refractivity contribution < 1.29 is 9.21 Å². The molecule has 1 heterocycles. The fourth-order valence-corrected chi connectivity index (χ4v) is 3.08. The Balaban J connectivity index is 1.67. The van der Waals surface area contributed by atoms with Gasteiger partial charge in [-0.3, -0.25) is 9.69 Å². The van der Waals surface area contributed by atoms with Crippen LogP contribution in [0.4, 0.5) is 0 Å². The zero-order valence-corrected chi connectivity index (χ0v) is 14.3. The number of carbonyl (C=O) groups is 1. The molecule has 1 aliphatic carbocycles. The molecule has 124 valence electrons. The van der Waals surface area contributed by atoms with Crippen molar-refractivity contribution in [3.8, 4) is 0 Å². The van der Waals surface area contributed by atoms with Crippen LogP contribution in [-0.4, -0.2) is 42.9 Å². The summed E-state index contributed by atoms with van der Waals surface area (Å²) in [7, 11) is 3.92. The first kappa shape index (κ1) is 16.1. The third-order valence-corrected chi connectivity index (χ3v) is 4.59. The van der Waals surface area contributed by atoms with Gasteiger partial charge in [0.05, 0.1) is 6.54 Å². The van der Waals surface area contributed by atoms with Gasteiger partial charge in [-0.15, -0.1) is 0 Å². The number of fused-ring (bicyclic) bond motifs is 1. The molecule has 0 unspecified atom stereocenters. The summed E-state index contributed by atoms with van der Waals surface area (Å²) in [5.74, 6) is 1.96. The smallest absolute Gasteiger partial charge is 0.236 e. The maximum absolute atomic E-state index is 12.3. The molecule has 0 aliphatic heterocycles. The van der Waals surface area contributed by atoms with Crippen molar-refractivity contribution in [2.24, 2.45) is 5.92 Å². The maximum Gasteiger partial charge on any atom is 0.236 e. The van der Waals surface area contributed by atoms with E-state index < -0.39 is 0 Å². The van der Waals surface area contributed by atoms with Gasteiger partial charge in [-0.1, -0.05) is 25.1 Å². The van der Waals surface area contributed by atoms with Crippen LogP contribution in [0.25, 0.3) is 11.0 Å². The molecule has 0 radical (unpaired) electrons. The Morgan fingerprint density at radius 3 is 2.70 bits per heavy atom. The van der Waals surface area contributed by atoms with E-state index >= 15 is 0 Å². The number of aryl methyl sites for hydroxylation is 1. The van der Waals surface area contributed by atoms with E-state index in [1.54, 1.807) is 0 Å². The number of furan rings is 1. The molecule has 1 aromatic heterocycles. The SMILES string of the molecule is CCc1oc2ccccc2c1CN(C)CC(=O)N(C)CC1CC1. The first-order valence-corrected chi connectivity index (χ1v) is 8.50. The summed E-state index contributed by atoms with van der Waals surface area (Å²) in [4.78, 5) is 16.3. The lowest BCUT2D eigenvalue weighted by Gasteiger charge is -2.22. The highest BCUT2D eigenvalue weighted by Gasteiger charge is 2.25. The molecule has 2 aromatic rings. The summed E-state index contributed by atoms with van der Waals surface area (Å²) in [6.45, 7) is 4.20. The van der Waals surface area contributed by atoms with Gasteiger partial charge in [-0.2, -0.15) is 0 Å². The summed E-state index contributed by atoms with van der Waals surface area (Å²) in [6.07, 6.45) is 3.41. The van der Waals surface area contributed by atoms with Gasteiger partial charge in [-0.05, 0) is 31.9 Å².